The zero-order valence-corrected chi connectivity index (χ0v) is 22.5. The normalized spacial score (nSPS) is 12.0. The number of carbonyl (C=O) groups excluding carboxylic acids is 2. The van der Waals surface area contributed by atoms with Gasteiger partial charge in [0.1, 0.15) is 10.1 Å². The van der Waals surface area contributed by atoms with Crippen LogP contribution in [0.3, 0.4) is 0 Å². The number of esters is 2. The van der Waals surface area contributed by atoms with E-state index in [1.807, 2.05) is 0 Å². The van der Waals surface area contributed by atoms with Crippen molar-refractivity contribution in [2.24, 2.45) is 0 Å². The number of unbranched alkanes of at least 4 members (excludes halogenated alkanes) is 9. The van der Waals surface area contributed by atoms with Gasteiger partial charge in [0.2, 0.25) is 0 Å². The molecule has 0 amide bonds. The molecular weight excluding hydrogens is 443 g/mol. The molecule has 0 aliphatic heterocycles. The Labute approximate surface area is 214 Å². The molecule has 0 aliphatic rings. The Morgan fingerprint density at radius 1 is 0.844 bits per heavy atom. The molecule has 0 radical (unpaired) electrons. The van der Waals surface area contributed by atoms with Crippen LogP contribution >= 0.6 is 0 Å². The number of hydrogen-bond donors (Lipinski definition) is 0. The Balaban J connectivity index is 0.00000961. The maximum absolute atomic E-state index is 12.4. The number of benzene rings is 1. The van der Waals surface area contributed by atoms with E-state index in [1.54, 1.807) is 6.07 Å². The number of ether oxygens (including phenoxy) is 2. The summed E-state index contributed by atoms with van der Waals surface area (Å²) in [4.78, 5) is 24.7. The van der Waals surface area contributed by atoms with E-state index in [1.165, 1.54) is 70.1 Å². The van der Waals surface area contributed by atoms with Crippen LogP contribution in [0.25, 0.3) is 0 Å². The van der Waals surface area contributed by atoms with E-state index in [2.05, 4.69) is 6.92 Å². The molecule has 1 atom stereocenters. The fourth-order valence-corrected chi connectivity index (χ4v) is 3.81. The summed E-state index contributed by atoms with van der Waals surface area (Å²) in [5.41, 5.74) is -1.94. The first-order valence-electron chi connectivity index (χ1n) is 11.2. The molecule has 0 bridgehead atoms. The second-order valence-corrected chi connectivity index (χ2v) is 9.11. The molecule has 0 saturated heterocycles. The number of carbonyl (C=O) groups is 2. The van der Waals surface area contributed by atoms with Crippen LogP contribution in [0.1, 0.15) is 105 Å². The van der Waals surface area contributed by atoms with Gasteiger partial charge in [-0.05, 0) is 25.0 Å². The maximum Gasteiger partial charge on any atom is 1.00 e. The van der Waals surface area contributed by atoms with E-state index >= 15 is 0 Å². The van der Waals surface area contributed by atoms with Gasteiger partial charge in [-0.1, -0.05) is 83.8 Å². The Morgan fingerprint density at radius 3 is 1.78 bits per heavy atom. The minimum Gasteiger partial charge on any atom is -0.745 e. The first kappa shape index (κ1) is 31.1. The summed E-state index contributed by atoms with van der Waals surface area (Å²) >= 11 is 0. The van der Waals surface area contributed by atoms with Crippen LogP contribution in [0, 0.1) is 0 Å². The summed E-state index contributed by atoms with van der Waals surface area (Å²) in [6.07, 6.45) is 11.5. The Bertz CT molecular complexity index is 780. The van der Waals surface area contributed by atoms with Gasteiger partial charge in [-0.25, -0.2) is 18.0 Å². The molecule has 0 saturated carbocycles. The molecule has 7 nitrogen and oxygen atoms in total. The van der Waals surface area contributed by atoms with Crippen molar-refractivity contribution in [3.63, 3.8) is 0 Å². The molecule has 1 rings (SSSR count). The van der Waals surface area contributed by atoms with Crippen molar-refractivity contribution in [2.75, 3.05) is 6.61 Å². The molecule has 32 heavy (non-hydrogen) atoms. The van der Waals surface area contributed by atoms with Gasteiger partial charge in [-0.3, -0.25) is 0 Å². The number of rotatable bonds is 16. The van der Waals surface area contributed by atoms with E-state index in [0.29, 0.717) is 0 Å². The van der Waals surface area contributed by atoms with E-state index in [9.17, 15) is 22.6 Å². The van der Waals surface area contributed by atoms with Crippen LogP contribution in [0.2, 0.25) is 0 Å². The van der Waals surface area contributed by atoms with Crippen LogP contribution in [0.5, 0.6) is 0 Å². The second-order valence-electron chi connectivity index (χ2n) is 7.60. The maximum atomic E-state index is 12.4. The van der Waals surface area contributed by atoms with Gasteiger partial charge in [0.25, 0.3) is 0 Å². The monoisotopic (exact) mass is 478 g/mol. The summed E-state index contributed by atoms with van der Waals surface area (Å²) in [5, 5.41) is 0. The second kappa shape index (κ2) is 17.5. The molecule has 1 unspecified atom stereocenters. The molecule has 9 heteroatoms. The molecule has 0 spiro atoms. The van der Waals surface area contributed by atoms with Gasteiger partial charge in [-0.15, -0.1) is 0 Å². The molecule has 1 aromatic rings. The number of hydrogen-bond acceptors (Lipinski definition) is 7. The minimum absolute atomic E-state index is 0. The average Bonchev–Trinajstić information content (AvgIpc) is 2.74. The van der Waals surface area contributed by atoms with Gasteiger partial charge in [0.05, 0.1) is 17.7 Å². The predicted octanol–water partition coefficient (Wildman–Crippen LogP) is 2.21. The third-order valence-corrected chi connectivity index (χ3v) is 6.07. The molecular formula is C23H35NaO7S. The molecule has 176 valence electrons. The quantitative estimate of drug-likeness (QED) is 0.155. The van der Waals surface area contributed by atoms with Crippen LogP contribution < -0.4 is 29.6 Å². The van der Waals surface area contributed by atoms with Crippen molar-refractivity contribution in [1.82, 2.24) is 0 Å². The van der Waals surface area contributed by atoms with Gasteiger partial charge >= 0.3 is 41.5 Å². The standard InChI is InChI=1S/C23H36O7S.Na/c1-3-5-6-7-8-9-10-11-12-15-18-29-22(24)19-16-13-14-17-20(19)23(25)30-21(4-2)31(26,27)28;/h13-14,16-17,21H,3-12,15,18H2,1-2H3,(H,26,27,28);/q;+1/p-1. The first-order valence-corrected chi connectivity index (χ1v) is 12.7. The van der Waals surface area contributed by atoms with Crippen molar-refractivity contribution >= 4 is 22.1 Å². The predicted molar refractivity (Wildman–Crippen MR) is 118 cm³/mol. The molecule has 1 aromatic carbocycles. The fraction of sp³-hybridized carbons (Fsp3) is 0.652. The van der Waals surface area contributed by atoms with E-state index in [0.717, 1.165) is 19.3 Å². The topological polar surface area (TPSA) is 110 Å². The molecule has 0 fully saturated rings. The van der Waals surface area contributed by atoms with Crippen LogP contribution in [0.15, 0.2) is 24.3 Å². The molecule has 0 N–H and O–H groups in total. The van der Waals surface area contributed by atoms with Crippen molar-refractivity contribution in [3.8, 4) is 0 Å². The third-order valence-electron chi connectivity index (χ3n) is 4.99. The zero-order chi connectivity index (χ0) is 23.1. The Hall–Kier alpha value is -0.930. The smallest absolute Gasteiger partial charge is 0.745 e. The Morgan fingerprint density at radius 2 is 1.31 bits per heavy atom. The van der Waals surface area contributed by atoms with Crippen LogP contribution in [0.4, 0.5) is 0 Å². The van der Waals surface area contributed by atoms with Crippen LogP contribution in [-0.4, -0.2) is 37.0 Å². The fourth-order valence-electron chi connectivity index (χ4n) is 3.20. The van der Waals surface area contributed by atoms with Crippen molar-refractivity contribution < 1.29 is 61.6 Å². The average molecular weight is 479 g/mol. The molecule has 0 aliphatic carbocycles. The SMILES string of the molecule is CCCCCCCCCCCCOC(=O)c1ccccc1C(=O)OC(CC)S(=O)(=O)[O-].[Na+]. The summed E-state index contributed by atoms with van der Waals surface area (Å²) in [5.74, 6) is -1.72. The van der Waals surface area contributed by atoms with Crippen molar-refractivity contribution in [1.29, 1.82) is 0 Å². The van der Waals surface area contributed by atoms with Gasteiger partial charge in [-0.2, -0.15) is 0 Å². The van der Waals surface area contributed by atoms with Gasteiger partial charge in [0, 0.05) is 0 Å². The third kappa shape index (κ3) is 12.3. The summed E-state index contributed by atoms with van der Waals surface area (Å²) < 4.78 is 43.5. The van der Waals surface area contributed by atoms with Crippen LogP contribution in [-0.2, 0) is 19.6 Å². The molecule has 0 aromatic heterocycles. The van der Waals surface area contributed by atoms with Crippen molar-refractivity contribution in [3.05, 3.63) is 35.4 Å². The van der Waals surface area contributed by atoms with Gasteiger partial charge in [0.15, 0.2) is 5.44 Å². The summed E-state index contributed by atoms with van der Waals surface area (Å²) in [6, 6.07) is 5.82. The van der Waals surface area contributed by atoms with Crippen molar-refractivity contribution in [2.45, 2.75) is 89.9 Å². The van der Waals surface area contributed by atoms with E-state index in [-0.39, 0.29) is 53.7 Å². The summed E-state index contributed by atoms with van der Waals surface area (Å²) in [6.45, 7) is 3.87. The van der Waals surface area contributed by atoms with Gasteiger partial charge < -0.3 is 14.0 Å². The minimum atomic E-state index is -4.79. The van der Waals surface area contributed by atoms with E-state index in [4.69, 9.17) is 9.47 Å². The summed E-state index contributed by atoms with van der Waals surface area (Å²) in [7, 11) is -4.79. The zero-order valence-electron chi connectivity index (χ0n) is 19.6. The van der Waals surface area contributed by atoms with E-state index < -0.39 is 27.5 Å². The Kier molecular flexibility index (Phi) is 17.0. The largest absolute Gasteiger partial charge is 1.00 e. The first-order chi connectivity index (χ1) is 14.8. The molecule has 0 heterocycles.